The van der Waals surface area contributed by atoms with Gasteiger partial charge < -0.3 is 24.8 Å². The molecule has 0 saturated carbocycles. The van der Waals surface area contributed by atoms with E-state index in [1.165, 1.54) is 11.1 Å². The van der Waals surface area contributed by atoms with Crippen LogP contribution < -0.4 is 28.5 Å². The number of rotatable bonds is 3. The smallest absolute Gasteiger partial charge is 1.00 e. The molecule has 0 bridgehead atoms. The van der Waals surface area contributed by atoms with E-state index in [0.29, 0.717) is 9.04 Å². The molecule has 0 heterocycles. The van der Waals surface area contributed by atoms with Crippen LogP contribution in [0.3, 0.4) is 0 Å². The minimum absolute atomic E-state index is 0. The zero-order valence-electron chi connectivity index (χ0n) is 13.9. The van der Waals surface area contributed by atoms with E-state index in [9.17, 15) is 0 Å². The van der Waals surface area contributed by atoms with Crippen molar-refractivity contribution in [1.29, 1.82) is 0 Å². The van der Waals surface area contributed by atoms with Crippen molar-refractivity contribution in [2.45, 2.75) is 57.8 Å². The fourth-order valence-electron chi connectivity index (χ4n) is 3.07. The van der Waals surface area contributed by atoms with Crippen LogP contribution in [0, 0.1) is 5.92 Å². The number of allylic oxidation sites excluding steroid dienone is 4. The summed E-state index contributed by atoms with van der Waals surface area (Å²) in [6.07, 6.45) is 0. The standard InChI is InChI=1S/C15H25Si.2ClH.H2N.Zr/c1-9(2)15(16(7)8)14-12(5)10(3)11(4)13(14)6;;;;/h12H,1-8H3;2*1H;1H2;/q;;;-1;+3/p-2. The molecule has 0 saturated heterocycles. The predicted molar refractivity (Wildman–Crippen MR) is 81.0 cm³/mol. The van der Waals surface area contributed by atoms with Gasteiger partial charge in [-0.15, -0.1) is 0 Å². The topological polar surface area (TPSA) is 26.0 Å². The van der Waals surface area contributed by atoms with Crippen molar-refractivity contribution in [1.82, 2.24) is 0 Å². The van der Waals surface area contributed by atoms with Gasteiger partial charge in [-0.3, -0.25) is 0 Å². The second kappa shape index (κ2) is 8.58. The zero-order chi connectivity index (χ0) is 14.2. The maximum Gasteiger partial charge on any atom is -1.00 e. The Morgan fingerprint density at radius 1 is 1.10 bits per heavy atom. The van der Waals surface area contributed by atoms with Crippen LogP contribution in [0.5, 0.6) is 0 Å². The van der Waals surface area contributed by atoms with Crippen LogP contribution in [-0.4, -0.2) is 13.6 Å². The Morgan fingerprint density at radius 2 is 1.55 bits per heavy atom. The average Bonchev–Trinajstić information content (AvgIpc) is 2.46. The first-order valence-electron chi connectivity index (χ1n) is 6.69. The van der Waals surface area contributed by atoms with Crippen LogP contribution in [0.25, 0.3) is 0 Å². The molecule has 1 aliphatic carbocycles. The van der Waals surface area contributed by atoms with Crippen LogP contribution in [0.15, 0.2) is 22.3 Å². The maximum absolute atomic E-state index is 6.20. The zero-order valence-corrected chi connectivity index (χ0v) is 18.9. The van der Waals surface area contributed by atoms with E-state index in [2.05, 4.69) is 54.6 Å². The molecule has 0 radical (unpaired) electrons. The molecule has 0 aromatic rings. The van der Waals surface area contributed by atoms with Gasteiger partial charge in [-0.25, -0.2) is 0 Å². The van der Waals surface area contributed by atoms with Gasteiger partial charge in [0.2, 0.25) is 0 Å². The normalized spacial score (nSPS) is 18.4. The van der Waals surface area contributed by atoms with Crippen molar-refractivity contribution in [2.75, 3.05) is 0 Å². The fourth-order valence-corrected chi connectivity index (χ4v) is 8.22. The molecule has 1 aliphatic rings. The summed E-state index contributed by atoms with van der Waals surface area (Å²) in [6.45, 7) is 18.8. The molecular weight excluding hydrogens is 384 g/mol. The van der Waals surface area contributed by atoms with Crippen LogP contribution in [0.1, 0.15) is 41.5 Å². The summed E-state index contributed by atoms with van der Waals surface area (Å²) < 4.78 is 6.50. The summed E-state index contributed by atoms with van der Waals surface area (Å²) >= 11 is -0.808. The molecule has 0 aromatic carbocycles. The summed E-state index contributed by atoms with van der Waals surface area (Å²) in [5, 5.41) is 1.72. The van der Waals surface area contributed by atoms with Gasteiger partial charge in [0, 0.05) is 0 Å². The monoisotopic (exact) mass is 409 g/mol. The van der Waals surface area contributed by atoms with Crippen molar-refractivity contribution < 1.29 is 48.3 Å². The van der Waals surface area contributed by atoms with Gasteiger partial charge in [0.15, 0.2) is 0 Å². The molecular formula is C15H27Cl2NSiZr. The third-order valence-electron chi connectivity index (χ3n) is 4.40. The van der Waals surface area contributed by atoms with Gasteiger partial charge in [0.1, 0.15) is 0 Å². The molecule has 5 heteroatoms. The first kappa shape index (κ1) is 23.3. The van der Waals surface area contributed by atoms with E-state index in [1.807, 2.05) is 0 Å². The Hall–Kier alpha value is 0.990. The minimum Gasteiger partial charge on any atom is -1.00 e. The molecule has 0 spiro atoms. The molecule has 0 fully saturated rings. The summed E-state index contributed by atoms with van der Waals surface area (Å²) in [5.41, 5.74) is 6.24. The Morgan fingerprint density at radius 3 is 1.80 bits per heavy atom. The second-order valence-corrected chi connectivity index (χ2v) is 12.5. The number of hydrogen-bond donors (Lipinski definition) is 1. The van der Waals surface area contributed by atoms with Crippen LogP contribution in [-0.2, 0) is 23.5 Å². The van der Waals surface area contributed by atoms with Crippen molar-refractivity contribution in [3.8, 4) is 0 Å². The van der Waals surface area contributed by atoms with E-state index in [-0.39, 0.29) is 24.8 Å². The number of halogens is 2. The Balaban J connectivity index is 0. The van der Waals surface area contributed by atoms with E-state index in [0.717, 1.165) is 0 Å². The molecule has 2 N–H and O–H groups in total. The van der Waals surface area contributed by atoms with Crippen LogP contribution >= 0.6 is 0 Å². The molecule has 0 aromatic heterocycles. The first-order valence-corrected chi connectivity index (χ1v) is 11.8. The Kier molecular flexibility index (Phi) is 9.98. The second-order valence-electron chi connectivity index (χ2n) is 6.21. The minimum atomic E-state index is -0.808. The Bertz CT molecular complexity index is 460. The average molecular weight is 412 g/mol. The van der Waals surface area contributed by atoms with Crippen molar-refractivity contribution in [2.24, 2.45) is 9.60 Å². The molecule has 1 rings (SSSR count). The van der Waals surface area contributed by atoms with E-state index in [1.54, 1.807) is 16.3 Å². The molecule has 20 heavy (non-hydrogen) atoms. The molecule has 1 unspecified atom stereocenters. The maximum atomic E-state index is 6.20. The van der Waals surface area contributed by atoms with Gasteiger partial charge in [-0.05, 0) is 0 Å². The molecule has 1 atom stereocenters. The largest absolute Gasteiger partial charge is 1.00 e. The summed E-state index contributed by atoms with van der Waals surface area (Å²) in [4.78, 5) is 0. The van der Waals surface area contributed by atoms with Gasteiger partial charge in [0.05, 0.1) is 0 Å². The SMILES string of the molecule is CC1=C(C)C(C)C(C(=[Si](C)C)[C](C)(C)[Zr+2][NH2])=C1C.[Cl-].[Cl-]. The van der Waals surface area contributed by atoms with Gasteiger partial charge in [0.25, 0.3) is 0 Å². The van der Waals surface area contributed by atoms with Crippen molar-refractivity contribution >= 4 is 13.6 Å². The van der Waals surface area contributed by atoms with Crippen molar-refractivity contribution in [3.63, 3.8) is 0 Å². The summed E-state index contributed by atoms with van der Waals surface area (Å²) in [7, 11) is -0.442. The quantitative estimate of drug-likeness (QED) is 0.532. The van der Waals surface area contributed by atoms with Crippen molar-refractivity contribution in [3.05, 3.63) is 22.3 Å². The van der Waals surface area contributed by atoms with E-state index >= 15 is 0 Å². The predicted octanol–water partition coefficient (Wildman–Crippen LogP) is -2.04. The van der Waals surface area contributed by atoms with E-state index < -0.39 is 31.9 Å². The number of hydrogen-bond acceptors (Lipinski definition) is 1. The third-order valence-corrected chi connectivity index (χ3v) is 9.29. The molecule has 114 valence electrons. The molecule has 1 nitrogen and oxygen atoms in total. The van der Waals surface area contributed by atoms with Gasteiger partial charge in [-0.1, -0.05) is 0 Å². The third kappa shape index (κ3) is 4.26. The van der Waals surface area contributed by atoms with Gasteiger partial charge in [-0.2, -0.15) is 0 Å². The Labute approximate surface area is 150 Å². The summed E-state index contributed by atoms with van der Waals surface area (Å²) in [6, 6.07) is 0. The van der Waals surface area contributed by atoms with Crippen LogP contribution in [0.2, 0.25) is 16.2 Å². The van der Waals surface area contributed by atoms with Crippen LogP contribution in [0.4, 0.5) is 0 Å². The molecule has 0 amide bonds. The van der Waals surface area contributed by atoms with Gasteiger partial charge >= 0.3 is 127 Å². The molecule has 0 aliphatic heterocycles. The first-order chi connectivity index (χ1) is 8.15. The summed E-state index contributed by atoms with van der Waals surface area (Å²) in [5.74, 6) is 0.602. The van der Waals surface area contributed by atoms with E-state index in [4.69, 9.17) is 3.68 Å². The fraction of sp³-hybridized carbons (Fsp3) is 0.667. The number of nitrogens with two attached hydrogens (primary N) is 1.